The monoisotopic (exact) mass is 313 g/mol. The number of nitrogens with one attached hydrogen (secondary N) is 1. The summed E-state index contributed by atoms with van der Waals surface area (Å²) in [4.78, 5) is 10.3. The fourth-order valence-corrected chi connectivity index (χ4v) is 2.72. The van der Waals surface area contributed by atoms with Gasteiger partial charge in [0.1, 0.15) is 5.75 Å². The Hall–Kier alpha value is -1.56. The van der Waals surface area contributed by atoms with Crippen molar-refractivity contribution < 1.29 is 17.9 Å². The molecule has 1 atom stereocenters. The lowest BCUT2D eigenvalue weighted by Gasteiger charge is -2.15. The van der Waals surface area contributed by atoms with Crippen LogP contribution in [0.2, 0.25) is 0 Å². The van der Waals surface area contributed by atoms with Crippen LogP contribution in [0, 0.1) is 5.92 Å². The Bertz CT molecular complexity index is 525. The van der Waals surface area contributed by atoms with Crippen molar-refractivity contribution in [2.24, 2.45) is 5.92 Å². The number of sulfonamides is 1. The van der Waals surface area contributed by atoms with Crippen molar-refractivity contribution in [2.45, 2.75) is 44.4 Å². The molecule has 21 heavy (non-hydrogen) atoms. The molecule has 0 spiro atoms. The molecule has 1 N–H and O–H groups in total. The third-order valence-corrected chi connectivity index (χ3v) is 4.67. The third-order valence-electron chi connectivity index (χ3n) is 3.37. The predicted molar refractivity (Wildman–Crippen MR) is 81.6 cm³/mol. The molecule has 0 radical (unpaired) electrons. The van der Waals surface area contributed by atoms with Crippen LogP contribution in [0.15, 0.2) is 29.2 Å². The molecular weight excluding hydrogens is 290 g/mol. The smallest absolute Gasteiger partial charge is 0.263 e. The number of carbonyl (C=O) groups excluding carboxylic acids is 1. The first kappa shape index (κ1) is 17.5. The van der Waals surface area contributed by atoms with E-state index in [1.807, 2.05) is 0 Å². The summed E-state index contributed by atoms with van der Waals surface area (Å²) in [5, 5.41) is 0. The summed E-state index contributed by atoms with van der Waals surface area (Å²) in [6, 6.07) is 6.06. The molecule has 0 aromatic heterocycles. The zero-order valence-electron chi connectivity index (χ0n) is 12.5. The van der Waals surface area contributed by atoms with Gasteiger partial charge in [-0.3, -0.25) is 9.52 Å². The Labute approximate surface area is 126 Å². The van der Waals surface area contributed by atoms with Crippen molar-refractivity contribution in [2.75, 3.05) is 6.61 Å². The summed E-state index contributed by atoms with van der Waals surface area (Å²) in [5.41, 5.74) is 0. The second-order valence-corrected chi connectivity index (χ2v) is 6.65. The SMILES string of the molecule is CCCCC(CC)COc1ccc(S(=O)(=O)NC=O)cc1. The van der Waals surface area contributed by atoms with E-state index in [1.165, 1.54) is 25.0 Å². The van der Waals surface area contributed by atoms with Crippen LogP contribution < -0.4 is 9.46 Å². The highest BCUT2D eigenvalue weighted by Gasteiger charge is 2.13. The molecule has 1 aromatic rings. The second-order valence-electron chi connectivity index (χ2n) is 4.94. The van der Waals surface area contributed by atoms with Crippen LogP contribution in [0.25, 0.3) is 0 Å². The lowest BCUT2D eigenvalue weighted by atomic mass is 10.0. The minimum absolute atomic E-state index is 0.0416. The molecule has 118 valence electrons. The molecule has 6 heteroatoms. The van der Waals surface area contributed by atoms with Gasteiger partial charge in [0.15, 0.2) is 0 Å². The average molecular weight is 313 g/mol. The van der Waals surface area contributed by atoms with Gasteiger partial charge < -0.3 is 4.74 Å². The quantitative estimate of drug-likeness (QED) is 0.674. The van der Waals surface area contributed by atoms with E-state index in [-0.39, 0.29) is 11.3 Å². The molecule has 0 aliphatic rings. The topological polar surface area (TPSA) is 72.5 Å². The van der Waals surface area contributed by atoms with Crippen molar-refractivity contribution >= 4 is 16.4 Å². The third kappa shape index (κ3) is 5.75. The first-order valence-corrected chi connectivity index (χ1v) is 8.70. The minimum Gasteiger partial charge on any atom is -0.493 e. The lowest BCUT2D eigenvalue weighted by molar-refractivity contribution is -0.108. The van der Waals surface area contributed by atoms with E-state index in [2.05, 4.69) is 13.8 Å². The molecule has 1 unspecified atom stereocenters. The predicted octanol–water partition coefficient (Wildman–Crippen LogP) is 2.72. The normalized spacial score (nSPS) is 12.7. The number of unbranched alkanes of at least 4 members (excludes halogenated alkanes) is 1. The molecule has 0 bridgehead atoms. The van der Waals surface area contributed by atoms with Crippen LogP contribution in [-0.4, -0.2) is 21.4 Å². The van der Waals surface area contributed by atoms with Crippen LogP contribution in [0.5, 0.6) is 5.75 Å². The molecule has 0 heterocycles. The molecule has 0 saturated heterocycles. The Balaban J connectivity index is 2.60. The number of ether oxygens (including phenoxy) is 1. The Morgan fingerprint density at radius 1 is 1.24 bits per heavy atom. The van der Waals surface area contributed by atoms with E-state index in [4.69, 9.17) is 4.74 Å². The van der Waals surface area contributed by atoms with Gasteiger partial charge in [-0.25, -0.2) is 8.42 Å². The highest BCUT2D eigenvalue weighted by molar-refractivity contribution is 7.90. The number of hydrogen-bond acceptors (Lipinski definition) is 4. The van der Waals surface area contributed by atoms with Crippen molar-refractivity contribution in [3.05, 3.63) is 24.3 Å². The van der Waals surface area contributed by atoms with E-state index in [0.29, 0.717) is 18.3 Å². The van der Waals surface area contributed by atoms with Gasteiger partial charge in [0.2, 0.25) is 6.41 Å². The van der Waals surface area contributed by atoms with E-state index in [0.717, 1.165) is 12.8 Å². The minimum atomic E-state index is -3.75. The van der Waals surface area contributed by atoms with Crippen molar-refractivity contribution in [1.29, 1.82) is 0 Å². The highest BCUT2D eigenvalue weighted by Crippen LogP contribution is 2.18. The largest absolute Gasteiger partial charge is 0.493 e. The first-order valence-electron chi connectivity index (χ1n) is 7.22. The summed E-state index contributed by atoms with van der Waals surface area (Å²) < 4.78 is 30.7. The Kier molecular flexibility index (Phi) is 7.22. The molecule has 0 aliphatic carbocycles. The van der Waals surface area contributed by atoms with E-state index >= 15 is 0 Å². The van der Waals surface area contributed by atoms with Crippen molar-refractivity contribution in [3.63, 3.8) is 0 Å². The molecule has 1 amide bonds. The molecule has 0 aliphatic heterocycles. The van der Waals surface area contributed by atoms with Crippen molar-refractivity contribution in [3.8, 4) is 5.75 Å². The molecule has 5 nitrogen and oxygen atoms in total. The first-order chi connectivity index (χ1) is 10.0. The van der Waals surface area contributed by atoms with Gasteiger partial charge in [-0.05, 0) is 36.6 Å². The number of rotatable bonds is 10. The van der Waals surface area contributed by atoms with Crippen molar-refractivity contribution in [1.82, 2.24) is 4.72 Å². The fourth-order valence-electron chi connectivity index (χ4n) is 1.96. The maximum Gasteiger partial charge on any atom is 0.263 e. The van der Waals surface area contributed by atoms with Crippen LogP contribution in [-0.2, 0) is 14.8 Å². The number of amides is 1. The van der Waals surface area contributed by atoms with Gasteiger partial charge >= 0.3 is 0 Å². The van der Waals surface area contributed by atoms with Gasteiger partial charge in [-0.15, -0.1) is 0 Å². The lowest BCUT2D eigenvalue weighted by Crippen LogP contribution is -2.21. The molecular formula is C15H23NO4S. The fraction of sp³-hybridized carbons (Fsp3) is 0.533. The van der Waals surface area contributed by atoms with Crippen LogP contribution in [0.3, 0.4) is 0 Å². The molecule has 0 saturated carbocycles. The van der Waals surface area contributed by atoms with Crippen LogP contribution >= 0.6 is 0 Å². The van der Waals surface area contributed by atoms with Gasteiger partial charge in [0, 0.05) is 0 Å². The summed E-state index contributed by atoms with van der Waals surface area (Å²) in [5.74, 6) is 1.15. The zero-order valence-corrected chi connectivity index (χ0v) is 13.4. The summed E-state index contributed by atoms with van der Waals surface area (Å²) >= 11 is 0. The molecule has 1 aromatic carbocycles. The van der Waals surface area contributed by atoms with Gasteiger partial charge in [0.25, 0.3) is 10.0 Å². The van der Waals surface area contributed by atoms with Gasteiger partial charge in [0.05, 0.1) is 11.5 Å². The highest BCUT2D eigenvalue weighted by atomic mass is 32.2. The second kappa shape index (κ2) is 8.67. The number of benzene rings is 1. The standard InChI is InChI=1S/C15H23NO4S/c1-3-5-6-13(4-2)11-20-14-7-9-15(10-8-14)21(18,19)16-12-17/h7-10,12-13H,3-6,11H2,1-2H3,(H,16,17). The van der Waals surface area contributed by atoms with E-state index in [1.54, 1.807) is 16.9 Å². The number of carbonyl (C=O) groups is 1. The maximum atomic E-state index is 11.6. The maximum absolute atomic E-state index is 11.6. The van der Waals surface area contributed by atoms with E-state index < -0.39 is 10.0 Å². The Morgan fingerprint density at radius 3 is 2.43 bits per heavy atom. The Morgan fingerprint density at radius 2 is 1.90 bits per heavy atom. The number of hydrogen-bond donors (Lipinski definition) is 1. The molecule has 0 fully saturated rings. The van der Waals surface area contributed by atoms with Crippen LogP contribution in [0.4, 0.5) is 0 Å². The van der Waals surface area contributed by atoms with Gasteiger partial charge in [-0.2, -0.15) is 0 Å². The van der Waals surface area contributed by atoms with Gasteiger partial charge in [-0.1, -0.05) is 33.1 Å². The van der Waals surface area contributed by atoms with E-state index in [9.17, 15) is 13.2 Å². The van der Waals surface area contributed by atoms with Crippen LogP contribution in [0.1, 0.15) is 39.5 Å². The average Bonchev–Trinajstić information content (AvgIpc) is 2.48. The zero-order chi connectivity index (χ0) is 15.7. The summed E-state index contributed by atoms with van der Waals surface area (Å²) in [6.45, 7) is 4.94. The molecule has 1 rings (SSSR count). The summed E-state index contributed by atoms with van der Waals surface area (Å²) in [7, 11) is -3.75. The summed E-state index contributed by atoms with van der Waals surface area (Å²) in [6.07, 6.45) is 4.72.